The van der Waals surface area contributed by atoms with Crippen LogP contribution in [0.2, 0.25) is 5.02 Å². The second kappa shape index (κ2) is 9.20. The molecule has 2 aromatic carbocycles. The van der Waals surface area contributed by atoms with Gasteiger partial charge in [-0.25, -0.2) is 0 Å². The van der Waals surface area contributed by atoms with Crippen molar-refractivity contribution in [1.82, 2.24) is 4.98 Å². The lowest BCUT2D eigenvalue weighted by Gasteiger charge is -2.38. The van der Waals surface area contributed by atoms with Crippen molar-refractivity contribution in [2.24, 2.45) is 0 Å². The van der Waals surface area contributed by atoms with Gasteiger partial charge in [0.25, 0.3) is 0 Å². The van der Waals surface area contributed by atoms with E-state index in [4.69, 9.17) is 16.3 Å². The minimum atomic E-state index is -0.245. The molecule has 3 aromatic rings. The van der Waals surface area contributed by atoms with Crippen molar-refractivity contribution in [1.29, 1.82) is 0 Å². The topological polar surface area (TPSA) is 59.5 Å². The maximum absolute atomic E-state index is 13.2. The van der Waals surface area contributed by atoms with E-state index in [0.29, 0.717) is 35.9 Å². The molecule has 1 atom stereocenters. The van der Waals surface area contributed by atoms with Crippen molar-refractivity contribution in [3.63, 3.8) is 0 Å². The number of amides is 1. The molecule has 0 spiro atoms. The third kappa shape index (κ3) is 4.29. The van der Waals surface area contributed by atoms with Crippen LogP contribution in [0.3, 0.4) is 0 Å². The van der Waals surface area contributed by atoms with E-state index in [1.165, 1.54) is 0 Å². The van der Waals surface area contributed by atoms with Crippen LogP contribution in [-0.4, -0.2) is 16.7 Å². The number of Topliss-reactive ketones (excluding diaryl/α,β-unsaturated/α-hetero) is 1. The van der Waals surface area contributed by atoms with Crippen LogP contribution in [0.1, 0.15) is 42.7 Å². The van der Waals surface area contributed by atoms with Gasteiger partial charge in [-0.05, 0) is 48.7 Å². The van der Waals surface area contributed by atoms with Gasteiger partial charge in [-0.3, -0.25) is 19.5 Å². The number of allylic oxidation sites excluding steroid dienone is 2. The Balaban J connectivity index is 1.42. The smallest absolute Gasteiger partial charge is 0.232 e. The summed E-state index contributed by atoms with van der Waals surface area (Å²) in [5.41, 5.74) is 4.15. The molecule has 5 rings (SSSR count). The van der Waals surface area contributed by atoms with Crippen LogP contribution in [0.4, 0.5) is 5.69 Å². The molecule has 0 bridgehead atoms. The van der Waals surface area contributed by atoms with Gasteiger partial charge in [0.05, 0.1) is 11.9 Å². The normalized spacial score (nSPS) is 18.3. The summed E-state index contributed by atoms with van der Waals surface area (Å²) in [7, 11) is 0. The quantitative estimate of drug-likeness (QED) is 0.481. The molecule has 1 aliphatic heterocycles. The highest BCUT2D eigenvalue weighted by Gasteiger charge is 2.39. The van der Waals surface area contributed by atoms with Gasteiger partial charge in [0.2, 0.25) is 5.91 Å². The van der Waals surface area contributed by atoms with Gasteiger partial charge in [-0.15, -0.1) is 0 Å². The molecule has 0 saturated heterocycles. The number of pyridine rings is 1. The van der Waals surface area contributed by atoms with E-state index in [-0.39, 0.29) is 24.0 Å². The van der Waals surface area contributed by atoms with E-state index in [1.54, 1.807) is 23.4 Å². The van der Waals surface area contributed by atoms with Gasteiger partial charge in [0.1, 0.15) is 12.4 Å². The number of aromatic nitrogens is 1. The summed E-state index contributed by atoms with van der Waals surface area (Å²) in [4.78, 5) is 32.1. The van der Waals surface area contributed by atoms with Crippen molar-refractivity contribution in [3.05, 3.63) is 100 Å². The van der Waals surface area contributed by atoms with Crippen LogP contribution in [0.25, 0.3) is 0 Å². The lowest BCUT2D eigenvalue weighted by Crippen LogP contribution is -2.40. The SMILES string of the molecule is O=C1CCCC2=C1C(c1ccc(OCc3ccccc3Cl)cc1)CC(=O)N2c1cccnc1. The van der Waals surface area contributed by atoms with Gasteiger partial charge in [0, 0.05) is 46.8 Å². The fourth-order valence-electron chi connectivity index (χ4n) is 4.64. The number of carbonyl (C=O) groups excluding carboxylic acids is 2. The van der Waals surface area contributed by atoms with Gasteiger partial charge in [0.15, 0.2) is 5.78 Å². The number of carbonyl (C=O) groups is 2. The summed E-state index contributed by atoms with van der Waals surface area (Å²) in [5.74, 6) is 0.579. The number of hydrogen-bond donors (Lipinski definition) is 0. The third-order valence-electron chi connectivity index (χ3n) is 6.21. The molecule has 1 aliphatic carbocycles. The highest BCUT2D eigenvalue weighted by Crippen LogP contribution is 2.43. The minimum absolute atomic E-state index is 0.0134. The maximum Gasteiger partial charge on any atom is 0.232 e. The molecule has 0 fully saturated rings. The van der Waals surface area contributed by atoms with Crippen molar-refractivity contribution < 1.29 is 14.3 Å². The third-order valence-corrected chi connectivity index (χ3v) is 6.58. The molecule has 1 amide bonds. The molecule has 6 heteroatoms. The molecule has 0 radical (unpaired) electrons. The monoisotopic (exact) mass is 458 g/mol. The summed E-state index contributed by atoms with van der Waals surface area (Å²) >= 11 is 6.21. The van der Waals surface area contributed by atoms with Crippen LogP contribution in [0.5, 0.6) is 5.75 Å². The van der Waals surface area contributed by atoms with E-state index in [1.807, 2.05) is 54.6 Å². The van der Waals surface area contributed by atoms with Gasteiger partial charge >= 0.3 is 0 Å². The second-order valence-electron chi connectivity index (χ2n) is 8.28. The highest BCUT2D eigenvalue weighted by atomic mass is 35.5. The number of anilines is 1. The first kappa shape index (κ1) is 21.4. The zero-order valence-corrected chi connectivity index (χ0v) is 18.8. The Morgan fingerprint density at radius 3 is 2.58 bits per heavy atom. The Hall–Kier alpha value is -3.44. The number of ether oxygens (including phenoxy) is 1. The average Bonchev–Trinajstić information content (AvgIpc) is 2.84. The molecule has 1 aromatic heterocycles. The Morgan fingerprint density at radius 1 is 1.00 bits per heavy atom. The lowest BCUT2D eigenvalue weighted by atomic mass is 9.77. The van der Waals surface area contributed by atoms with E-state index in [2.05, 4.69) is 4.98 Å². The van der Waals surface area contributed by atoms with Gasteiger partial charge < -0.3 is 4.74 Å². The van der Waals surface area contributed by atoms with Crippen molar-refractivity contribution in [2.45, 2.75) is 38.2 Å². The number of halogens is 1. The zero-order valence-electron chi connectivity index (χ0n) is 18.0. The molecular weight excluding hydrogens is 436 g/mol. The van der Waals surface area contributed by atoms with Crippen molar-refractivity contribution in [2.75, 3.05) is 4.90 Å². The standard InChI is InChI=1S/C27H23ClN2O3/c28-23-7-2-1-5-19(23)17-33-21-12-10-18(11-13-21)22-15-26(32)30(20-6-4-14-29-16-20)24-8-3-9-25(31)27(22)24/h1-2,4-7,10-14,16,22H,3,8-9,15,17H2. The minimum Gasteiger partial charge on any atom is -0.489 e. The zero-order chi connectivity index (χ0) is 22.8. The molecule has 2 aliphatic rings. The summed E-state index contributed by atoms with van der Waals surface area (Å²) in [6, 6.07) is 18.9. The Morgan fingerprint density at radius 2 is 1.82 bits per heavy atom. The molecule has 166 valence electrons. The molecule has 1 unspecified atom stereocenters. The van der Waals surface area contributed by atoms with Crippen molar-refractivity contribution >= 4 is 29.0 Å². The van der Waals surface area contributed by atoms with E-state index >= 15 is 0 Å². The summed E-state index contributed by atoms with van der Waals surface area (Å²) in [6.07, 6.45) is 5.58. The van der Waals surface area contributed by atoms with Crippen LogP contribution in [-0.2, 0) is 16.2 Å². The first-order chi connectivity index (χ1) is 16.1. The second-order valence-corrected chi connectivity index (χ2v) is 8.69. The molecule has 33 heavy (non-hydrogen) atoms. The molecule has 0 N–H and O–H groups in total. The van der Waals surface area contributed by atoms with E-state index in [9.17, 15) is 9.59 Å². The summed E-state index contributed by atoms with van der Waals surface area (Å²) in [5, 5.41) is 0.670. The molecular formula is C27H23ClN2O3. The number of nitrogens with zero attached hydrogens (tertiary/aromatic N) is 2. The van der Waals surface area contributed by atoms with Crippen LogP contribution >= 0.6 is 11.6 Å². The average molecular weight is 459 g/mol. The largest absolute Gasteiger partial charge is 0.489 e. The Labute approximate surface area is 197 Å². The van der Waals surface area contributed by atoms with Gasteiger partial charge in [-0.2, -0.15) is 0 Å². The Kier molecular flexibility index (Phi) is 5.97. The summed E-state index contributed by atoms with van der Waals surface area (Å²) in [6.45, 7) is 0.370. The van der Waals surface area contributed by atoms with Crippen LogP contribution < -0.4 is 9.64 Å². The van der Waals surface area contributed by atoms with E-state index in [0.717, 1.165) is 28.8 Å². The van der Waals surface area contributed by atoms with E-state index < -0.39 is 0 Å². The fourth-order valence-corrected chi connectivity index (χ4v) is 4.83. The number of ketones is 1. The van der Waals surface area contributed by atoms with Crippen molar-refractivity contribution in [3.8, 4) is 5.75 Å². The highest BCUT2D eigenvalue weighted by molar-refractivity contribution is 6.31. The van der Waals surface area contributed by atoms with Gasteiger partial charge in [-0.1, -0.05) is 41.9 Å². The molecule has 2 heterocycles. The first-order valence-electron chi connectivity index (χ1n) is 11.1. The predicted octanol–water partition coefficient (Wildman–Crippen LogP) is 5.84. The summed E-state index contributed by atoms with van der Waals surface area (Å²) < 4.78 is 5.89. The van der Waals surface area contributed by atoms with Crippen LogP contribution in [0.15, 0.2) is 84.3 Å². The lowest BCUT2D eigenvalue weighted by molar-refractivity contribution is -0.119. The molecule has 5 nitrogen and oxygen atoms in total. The fraction of sp³-hybridized carbons (Fsp3) is 0.222. The first-order valence-corrected chi connectivity index (χ1v) is 11.4. The van der Waals surface area contributed by atoms with Crippen LogP contribution in [0, 0.1) is 0 Å². The number of benzene rings is 2. The molecule has 0 saturated carbocycles. The number of hydrogen-bond acceptors (Lipinski definition) is 4. The Bertz CT molecular complexity index is 1220. The maximum atomic E-state index is 13.2. The predicted molar refractivity (Wildman–Crippen MR) is 127 cm³/mol. The number of rotatable bonds is 5.